The number of hydrogen-bond donors (Lipinski definition) is 1. The lowest BCUT2D eigenvalue weighted by Gasteiger charge is -2.30. The highest BCUT2D eigenvalue weighted by Gasteiger charge is 2.29. The molecule has 1 atom stereocenters. The molecule has 0 bridgehead atoms. The highest BCUT2D eigenvalue weighted by Crippen LogP contribution is 2.28. The van der Waals surface area contributed by atoms with Crippen molar-refractivity contribution in [2.75, 3.05) is 42.6 Å². The van der Waals surface area contributed by atoms with Crippen molar-refractivity contribution >= 4 is 17.3 Å². The lowest BCUT2D eigenvalue weighted by Crippen LogP contribution is -2.36. The molecule has 1 amide bonds. The lowest BCUT2D eigenvalue weighted by atomic mass is 10.1. The molecule has 3 rings (SSSR count). The average Bonchev–Trinajstić information content (AvgIpc) is 2.78. The number of carbonyl (C=O) groups excluding carboxylic acids is 1. The van der Waals surface area contributed by atoms with Crippen molar-refractivity contribution in [1.82, 2.24) is 0 Å². The third kappa shape index (κ3) is 2.51. The third-order valence-corrected chi connectivity index (χ3v) is 4.00. The van der Waals surface area contributed by atoms with Crippen LogP contribution in [0, 0.1) is 6.92 Å². The van der Waals surface area contributed by atoms with Crippen LogP contribution in [0.4, 0.5) is 11.4 Å². The Labute approximate surface area is 119 Å². The first-order valence-corrected chi connectivity index (χ1v) is 7.14. The van der Waals surface area contributed by atoms with Crippen molar-refractivity contribution in [3.05, 3.63) is 23.8 Å². The second kappa shape index (κ2) is 5.42. The van der Waals surface area contributed by atoms with Gasteiger partial charge >= 0.3 is 0 Å². The van der Waals surface area contributed by atoms with Crippen LogP contribution in [0.15, 0.2) is 18.2 Å². The van der Waals surface area contributed by atoms with Crippen LogP contribution in [0.5, 0.6) is 0 Å². The predicted octanol–water partition coefficient (Wildman–Crippen LogP) is 0.896. The normalized spacial score (nSPS) is 23.5. The number of morpholine rings is 1. The highest BCUT2D eigenvalue weighted by atomic mass is 16.5. The number of benzene rings is 1. The number of rotatable bonds is 2. The van der Waals surface area contributed by atoms with Gasteiger partial charge in [-0.3, -0.25) is 4.79 Å². The summed E-state index contributed by atoms with van der Waals surface area (Å²) in [6, 6.07) is 6.24. The molecule has 5 heteroatoms. The van der Waals surface area contributed by atoms with E-state index < -0.39 is 0 Å². The van der Waals surface area contributed by atoms with E-state index in [-0.39, 0.29) is 11.9 Å². The molecule has 2 saturated heterocycles. The molecule has 0 radical (unpaired) electrons. The van der Waals surface area contributed by atoms with E-state index in [9.17, 15) is 4.79 Å². The number of nitrogens with zero attached hydrogens (tertiary/aromatic N) is 2. The number of amides is 1. The van der Waals surface area contributed by atoms with Gasteiger partial charge in [-0.1, -0.05) is 0 Å². The van der Waals surface area contributed by atoms with Gasteiger partial charge in [0.2, 0.25) is 5.91 Å². The minimum Gasteiger partial charge on any atom is -0.378 e. The Bertz CT molecular complexity index is 512. The highest BCUT2D eigenvalue weighted by molar-refractivity contribution is 5.97. The maximum Gasteiger partial charge on any atom is 0.228 e. The van der Waals surface area contributed by atoms with Gasteiger partial charge in [-0.15, -0.1) is 0 Å². The number of ether oxygens (including phenoxy) is 1. The maximum atomic E-state index is 11.9. The summed E-state index contributed by atoms with van der Waals surface area (Å²) in [7, 11) is 0. The Hall–Kier alpha value is -1.59. The van der Waals surface area contributed by atoms with Crippen LogP contribution in [-0.4, -0.2) is 44.8 Å². The Balaban J connectivity index is 1.82. The zero-order chi connectivity index (χ0) is 14.1. The van der Waals surface area contributed by atoms with Crippen molar-refractivity contribution in [2.45, 2.75) is 19.4 Å². The second-order valence-corrected chi connectivity index (χ2v) is 5.54. The van der Waals surface area contributed by atoms with Crippen molar-refractivity contribution in [1.29, 1.82) is 0 Å². The lowest BCUT2D eigenvalue weighted by molar-refractivity contribution is -0.117. The fourth-order valence-electron chi connectivity index (χ4n) is 2.93. The van der Waals surface area contributed by atoms with Gasteiger partial charge in [0.1, 0.15) is 0 Å². The average molecular weight is 275 g/mol. The fourth-order valence-corrected chi connectivity index (χ4v) is 2.93. The van der Waals surface area contributed by atoms with Crippen LogP contribution in [0.2, 0.25) is 0 Å². The number of nitrogens with two attached hydrogens (primary N) is 1. The molecule has 2 aliphatic heterocycles. The van der Waals surface area contributed by atoms with Crippen LogP contribution in [0.25, 0.3) is 0 Å². The van der Waals surface area contributed by atoms with Crippen LogP contribution in [0.3, 0.4) is 0 Å². The molecule has 1 aromatic rings. The van der Waals surface area contributed by atoms with E-state index in [0.29, 0.717) is 13.0 Å². The van der Waals surface area contributed by atoms with Gasteiger partial charge in [0, 0.05) is 43.5 Å². The molecular formula is C15H21N3O2. The summed E-state index contributed by atoms with van der Waals surface area (Å²) >= 11 is 0. The molecule has 0 spiro atoms. The van der Waals surface area contributed by atoms with E-state index in [1.165, 1.54) is 5.69 Å². The molecule has 0 aliphatic carbocycles. The Morgan fingerprint density at radius 1 is 1.30 bits per heavy atom. The van der Waals surface area contributed by atoms with Crippen molar-refractivity contribution in [2.24, 2.45) is 5.73 Å². The smallest absolute Gasteiger partial charge is 0.228 e. The summed E-state index contributed by atoms with van der Waals surface area (Å²) in [5.41, 5.74) is 9.17. The van der Waals surface area contributed by atoms with Crippen molar-refractivity contribution in [3.8, 4) is 0 Å². The molecule has 2 aliphatic rings. The zero-order valence-corrected chi connectivity index (χ0v) is 11.8. The maximum absolute atomic E-state index is 11.9. The van der Waals surface area contributed by atoms with Gasteiger partial charge in [0.25, 0.3) is 0 Å². The van der Waals surface area contributed by atoms with E-state index in [4.69, 9.17) is 10.5 Å². The van der Waals surface area contributed by atoms with Gasteiger partial charge in [0.15, 0.2) is 0 Å². The van der Waals surface area contributed by atoms with Gasteiger partial charge in [-0.2, -0.15) is 0 Å². The Kier molecular flexibility index (Phi) is 3.63. The van der Waals surface area contributed by atoms with E-state index in [1.807, 2.05) is 11.0 Å². The molecule has 0 saturated carbocycles. The van der Waals surface area contributed by atoms with E-state index in [1.54, 1.807) is 0 Å². The van der Waals surface area contributed by atoms with Crippen molar-refractivity contribution < 1.29 is 9.53 Å². The standard InChI is InChI=1S/C15H21N3O2/c1-11-8-13(17-4-6-20-7-5-17)2-3-14(11)18-10-12(16)9-15(18)19/h2-3,8,12H,4-7,9-10,16H2,1H3. The molecular weight excluding hydrogens is 254 g/mol. The molecule has 5 nitrogen and oxygen atoms in total. The number of hydrogen-bond acceptors (Lipinski definition) is 4. The Morgan fingerprint density at radius 3 is 2.65 bits per heavy atom. The molecule has 2 fully saturated rings. The second-order valence-electron chi connectivity index (χ2n) is 5.54. The molecule has 1 unspecified atom stereocenters. The SMILES string of the molecule is Cc1cc(N2CCOCC2)ccc1N1CC(N)CC1=O. The van der Waals surface area contributed by atoms with Gasteiger partial charge < -0.3 is 20.3 Å². The minimum absolute atomic E-state index is 0.0409. The first-order chi connectivity index (χ1) is 9.65. The van der Waals surface area contributed by atoms with Gasteiger partial charge in [-0.25, -0.2) is 0 Å². The summed E-state index contributed by atoms with van der Waals surface area (Å²) in [4.78, 5) is 16.1. The van der Waals surface area contributed by atoms with Crippen molar-refractivity contribution in [3.63, 3.8) is 0 Å². The van der Waals surface area contributed by atoms with E-state index in [2.05, 4.69) is 24.0 Å². The van der Waals surface area contributed by atoms with Crippen LogP contribution in [0.1, 0.15) is 12.0 Å². The first-order valence-electron chi connectivity index (χ1n) is 7.14. The summed E-state index contributed by atoms with van der Waals surface area (Å²) in [6.45, 7) is 6.08. The van der Waals surface area contributed by atoms with Gasteiger partial charge in [0.05, 0.1) is 13.2 Å². The minimum atomic E-state index is -0.0409. The summed E-state index contributed by atoms with van der Waals surface area (Å²) in [5, 5.41) is 0. The number of aryl methyl sites for hydroxylation is 1. The summed E-state index contributed by atoms with van der Waals surface area (Å²) in [6.07, 6.45) is 0.449. The van der Waals surface area contributed by atoms with E-state index >= 15 is 0 Å². The molecule has 2 N–H and O–H groups in total. The zero-order valence-electron chi connectivity index (χ0n) is 11.8. The Morgan fingerprint density at radius 2 is 2.05 bits per heavy atom. The van der Waals surface area contributed by atoms with Crippen LogP contribution >= 0.6 is 0 Å². The van der Waals surface area contributed by atoms with Crippen LogP contribution < -0.4 is 15.5 Å². The number of anilines is 2. The molecule has 108 valence electrons. The molecule has 1 aromatic carbocycles. The summed E-state index contributed by atoms with van der Waals surface area (Å²) < 4.78 is 5.37. The quantitative estimate of drug-likeness (QED) is 0.871. The first kappa shape index (κ1) is 13.4. The molecule has 20 heavy (non-hydrogen) atoms. The predicted molar refractivity (Wildman–Crippen MR) is 79.2 cm³/mol. The monoisotopic (exact) mass is 275 g/mol. The number of carbonyl (C=O) groups is 1. The van der Waals surface area contributed by atoms with Crippen LogP contribution in [-0.2, 0) is 9.53 Å². The summed E-state index contributed by atoms with van der Waals surface area (Å²) in [5.74, 6) is 0.125. The third-order valence-electron chi connectivity index (χ3n) is 4.00. The van der Waals surface area contributed by atoms with E-state index in [0.717, 1.165) is 37.6 Å². The molecule has 0 aromatic heterocycles. The molecule has 2 heterocycles. The van der Waals surface area contributed by atoms with Gasteiger partial charge in [-0.05, 0) is 30.7 Å². The topological polar surface area (TPSA) is 58.8 Å². The fraction of sp³-hybridized carbons (Fsp3) is 0.533. The largest absolute Gasteiger partial charge is 0.378 e.